The average Bonchev–Trinajstić information content (AvgIpc) is 2.62. The van der Waals surface area contributed by atoms with Gasteiger partial charge >= 0.3 is 0 Å². The molecule has 2 rings (SSSR count). The number of aliphatic hydroxyl groups is 1. The molecule has 1 aromatic rings. The monoisotopic (exact) mass is 243 g/mol. The zero-order chi connectivity index (χ0) is 11.8. The van der Waals surface area contributed by atoms with Gasteiger partial charge in [-0.25, -0.2) is 4.98 Å². The first-order valence-electron chi connectivity index (χ1n) is 5.64. The lowest BCUT2D eigenvalue weighted by Gasteiger charge is -2.38. The molecule has 5 heteroatoms. The molecule has 0 aliphatic heterocycles. The Morgan fingerprint density at radius 1 is 1.62 bits per heavy atom. The molecule has 1 heterocycles. The van der Waals surface area contributed by atoms with Gasteiger partial charge in [-0.3, -0.25) is 0 Å². The first-order valence-corrected chi connectivity index (χ1v) is 6.02. The first kappa shape index (κ1) is 11.9. The summed E-state index contributed by atoms with van der Waals surface area (Å²) in [6.45, 7) is 0.555. The highest BCUT2D eigenvalue weighted by atomic mass is 35.5. The van der Waals surface area contributed by atoms with Crippen molar-refractivity contribution in [2.75, 3.05) is 6.54 Å². The van der Waals surface area contributed by atoms with Crippen molar-refractivity contribution in [1.82, 2.24) is 9.55 Å². The number of hydrogen-bond acceptors (Lipinski definition) is 3. The van der Waals surface area contributed by atoms with E-state index in [1.165, 1.54) is 0 Å². The van der Waals surface area contributed by atoms with Crippen molar-refractivity contribution < 1.29 is 5.11 Å². The van der Waals surface area contributed by atoms with Crippen LogP contribution >= 0.6 is 11.6 Å². The molecule has 1 aliphatic rings. The van der Waals surface area contributed by atoms with Crippen LogP contribution in [0.1, 0.15) is 31.4 Å². The predicted molar refractivity (Wildman–Crippen MR) is 63.4 cm³/mol. The molecular weight excluding hydrogens is 226 g/mol. The molecule has 90 valence electrons. The smallest absolute Gasteiger partial charge is 0.150 e. The van der Waals surface area contributed by atoms with Crippen LogP contribution in [0.2, 0.25) is 5.15 Å². The molecule has 1 fully saturated rings. The zero-order valence-corrected chi connectivity index (χ0v) is 10.2. The number of aliphatic hydroxyl groups excluding tert-OH is 1. The van der Waals surface area contributed by atoms with E-state index in [0.717, 1.165) is 31.4 Å². The van der Waals surface area contributed by atoms with Crippen molar-refractivity contribution >= 4 is 11.6 Å². The van der Waals surface area contributed by atoms with E-state index >= 15 is 0 Å². The molecule has 0 aromatic carbocycles. The van der Waals surface area contributed by atoms with Crippen LogP contribution in [-0.4, -0.2) is 27.3 Å². The van der Waals surface area contributed by atoms with Crippen LogP contribution in [-0.2, 0) is 12.5 Å². The van der Waals surface area contributed by atoms with Crippen molar-refractivity contribution in [2.24, 2.45) is 12.8 Å². The Bertz CT molecular complexity index is 350. The van der Waals surface area contributed by atoms with Crippen molar-refractivity contribution in [3.05, 3.63) is 17.2 Å². The number of hydrogen-bond donors (Lipinski definition) is 2. The first-order chi connectivity index (χ1) is 7.59. The number of halogens is 1. The lowest BCUT2D eigenvalue weighted by molar-refractivity contribution is 0.0953. The van der Waals surface area contributed by atoms with Gasteiger partial charge in [0.05, 0.1) is 18.1 Å². The second-order valence-electron chi connectivity index (χ2n) is 4.71. The third kappa shape index (κ3) is 1.85. The van der Waals surface area contributed by atoms with Crippen molar-refractivity contribution in [2.45, 2.75) is 37.2 Å². The number of nitrogens with two attached hydrogens (primary N) is 1. The molecule has 4 nitrogen and oxygen atoms in total. The molecule has 0 radical (unpaired) electrons. The van der Waals surface area contributed by atoms with Gasteiger partial charge in [-0.05, 0) is 25.7 Å². The lowest BCUT2D eigenvalue weighted by Crippen LogP contribution is -2.41. The number of rotatable bonds is 2. The number of aromatic nitrogens is 2. The van der Waals surface area contributed by atoms with E-state index in [9.17, 15) is 5.11 Å². The van der Waals surface area contributed by atoms with Crippen LogP contribution in [0.25, 0.3) is 0 Å². The van der Waals surface area contributed by atoms with Gasteiger partial charge < -0.3 is 15.4 Å². The molecule has 0 atom stereocenters. The third-order valence-electron chi connectivity index (χ3n) is 3.70. The van der Waals surface area contributed by atoms with Gasteiger partial charge in [-0.1, -0.05) is 11.6 Å². The van der Waals surface area contributed by atoms with Gasteiger partial charge in [0, 0.05) is 19.0 Å². The molecule has 0 spiro atoms. The van der Waals surface area contributed by atoms with E-state index in [0.29, 0.717) is 11.7 Å². The Morgan fingerprint density at radius 2 is 2.25 bits per heavy atom. The molecule has 16 heavy (non-hydrogen) atoms. The summed E-state index contributed by atoms with van der Waals surface area (Å²) in [5, 5.41) is 10.1. The Hall–Kier alpha value is -0.580. The Morgan fingerprint density at radius 3 is 2.69 bits per heavy atom. The molecule has 1 aliphatic carbocycles. The molecule has 0 saturated heterocycles. The fraction of sp³-hybridized carbons (Fsp3) is 0.727. The van der Waals surface area contributed by atoms with E-state index in [1.54, 1.807) is 6.33 Å². The van der Waals surface area contributed by atoms with Gasteiger partial charge in [-0.2, -0.15) is 0 Å². The third-order valence-corrected chi connectivity index (χ3v) is 3.97. The maximum atomic E-state index is 9.58. The average molecular weight is 244 g/mol. The van der Waals surface area contributed by atoms with Gasteiger partial charge in [0.2, 0.25) is 0 Å². The Kier molecular flexibility index (Phi) is 3.24. The van der Waals surface area contributed by atoms with E-state index in [-0.39, 0.29) is 11.5 Å². The number of nitrogens with zero attached hydrogens (tertiary/aromatic N) is 2. The second-order valence-corrected chi connectivity index (χ2v) is 5.07. The fourth-order valence-electron chi connectivity index (χ4n) is 2.69. The van der Waals surface area contributed by atoms with E-state index < -0.39 is 0 Å². The lowest BCUT2D eigenvalue weighted by atomic mass is 9.71. The summed E-state index contributed by atoms with van der Waals surface area (Å²) in [7, 11) is 1.94. The molecule has 3 N–H and O–H groups in total. The summed E-state index contributed by atoms with van der Waals surface area (Å²) in [6, 6.07) is 0. The maximum Gasteiger partial charge on any atom is 0.150 e. The Labute approximate surface area is 100 Å². The SMILES string of the molecule is Cn1cnc(Cl)c1C1(CN)CCC(O)CC1. The largest absolute Gasteiger partial charge is 0.393 e. The van der Waals surface area contributed by atoms with Crippen LogP contribution < -0.4 is 5.73 Å². The molecule has 1 aromatic heterocycles. The zero-order valence-electron chi connectivity index (χ0n) is 9.49. The highest BCUT2D eigenvalue weighted by molar-refractivity contribution is 6.30. The number of aryl methyl sites for hydroxylation is 1. The summed E-state index contributed by atoms with van der Waals surface area (Å²) in [4.78, 5) is 4.11. The van der Waals surface area contributed by atoms with Gasteiger partial charge in [0.1, 0.15) is 0 Å². The predicted octanol–water partition coefficient (Wildman–Crippen LogP) is 1.20. The van der Waals surface area contributed by atoms with Crippen LogP contribution in [0.4, 0.5) is 0 Å². The van der Waals surface area contributed by atoms with Gasteiger partial charge in [-0.15, -0.1) is 0 Å². The standard InChI is InChI=1S/C11H18ClN3O/c1-15-7-14-10(12)9(15)11(6-13)4-2-8(16)3-5-11/h7-8,16H,2-6,13H2,1H3. The summed E-state index contributed by atoms with van der Waals surface area (Å²) in [5.74, 6) is 0. The Balaban J connectivity index is 2.35. The van der Waals surface area contributed by atoms with E-state index in [2.05, 4.69) is 4.98 Å². The van der Waals surface area contributed by atoms with E-state index in [4.69, 9.17) is 17.3 Å². The number of imidazole rings is 1. The summed E-state index contributed by atoms with van der Waals surface area (Å²) in [6.07, 6.45) is 4.87. The molecule has 0 unspecified atom stereocenters. The topological polar surface area (TPSA) is 64.1 Å². The summed E-state index contributed by atoms with van der Waals surface area (Å²) < 4.78 is 1.95. The van der Waals surface area contributed by atoms with Crippen molar-refractivity contribution in [1.29, 1.82) is 0 Å². The quantitative estimate of drug-likeness (QED) is 0.821. The van der Waals surface area contributed by atoms with Crippen molar-refractivity contribution in [3.63, 3.8) is 0 Å². The fourth-order valence-corrected chi connectivity index (χ4v) is 3.06. The second kappa shape index (κ2) is 4.35. The van der Waals surface area contributed by atoms with Crippen molar-refractivity contribution in [3.8, 4) is 0 Å². The minimum atomic E-state index is -0.188. The molecular formula is C11H18ClN3O. The minimum absolute atomic E-state index is 0.110. The maximum absolute atomic E-state index is 9.58. The molecule has 1 saturated carbocycles. The van der Waals surface area contributed by atoms with E-state index in [1.807, 2.05) is 11.6 Å². The van der Waals surface area contributed by atoms with Crippen LogP contribution in [0.3, 0.4) is 0 Å². The molecule has 0 amide bonds. The van der Waals surface area contributed by atoms with Crippen LogP contribution in [0.5, 0.6) is 0 Å². The van der Waals surface area contributed by atoms with Crippen LogP contribution in [0.15, 0.2) is 6.33 Å². The highest BCUT2D eigenvalue weighted by Gasteiger charge is 2.39. The molecule has 0 bridgehead atoms. The summed E-state index contributed by atoms with van der Waals surface area (Å²) in [5.41, 5.74) is 6.84. The normalized spacial score (nSPS) is 30.6. The van der Waals surface area contributed by atoms with Gasteiger partial charge in [0.15, 0.2) is 5.15 Å². The minimum Gasteiger partial charge on any atom is -0.393 e. The van der Waals surface area contributed by atoms with Gasteiger partial charge in [0.25, 0.3) is 0 Å². The summed E-state index contributed by atoms with van der Waals surface area (Å²) >= 11 is 6.13. The van der Waals surface area contributed by atoms with Crippen LogP contribution in [0, 0.1) is 0 Å². The highest BCUT2D eigenvalue weighted by Crippen LogP contribution is 2.41.